The number of carbonyl (C=O) groups excluding carboxylic acids is 2. The van der Waals surface area contributed by atoms with Crippen molar-refractivity contribution in [3.63, 3.8) is 0 Å². The first-order valence-electron chi connectivity index (χ1n) is 13.3. The Kier molecular flexibility index (Phi) is 8.03. The molecule has 1 aromatic carbocycles. The molecule has 1 aromatic heterocycles. The van der Waals surface area contributed by atoms with Crippen molar-refractivity contribution in [2.45, 2.75) is 77.9 Å². The molecule has 2 amide bonds. The minimum absolute atomic E-state index is 0.0686. The number of piperidine rings is 1. The average Bonchev–Trinajstić information content (AvgIpc) is 3.49. The minimum Gasteiger partial charge on any atom is -0.444 e. The zero-order valence-corrected chi connectivity index (χ0v) is 22.4. The molecule has 8 nitrogen and oxygen atoms in total. The molecule has 8 heteroatoms. The van der Waals surface area contributed by atoms with Crippen LogP contribution in [0.25, 0.3) is 5.69 Å². The van der Waals surface area contributed by atoms with Crippen LogP contribution in [0.5, 0.6) is 0 Å². The lowest BCUT2D eigenvalue weighted by molar-refractivity contribution is 0.0203. The molecule has 2 saturated heterocycles. The predicted octanol–water partition coefficient (Wildman–Crippen LogP) is 4.51. The highest BCUT2D eigenvalue weighted by Gasteiger charge is 2.32. The first-order valence-corrected chi connectivity index (χ1v) is 13.3. The molecular formula is C28H41N5O3. The second-order valence-electron chi connectivity index (χ2n) is 11.1. The number of benzene rings is 1. The third-order valence-corrected chi connectivity index (χ3v) is 7.27. The van der Waals surface area contributed by atoms with Gasteiger partial charge in [0.15, 0.2) is 0 Å². The lowest BCUT2D eigenvalue weighted by Gasteiger charge is -2.34. The first-order chi connectivity index (χ1) is 17.2. The molecule has 0 radical (unpaired) electrons. The van der Waals surface area contributed by atoms with E-state index >= 15 is 0 Å². The number of carbonyl (C=O) groups is 2. The summed E-state index contributed by atoms with van der Waals surface area (Å²) in [6.45, 7) is 13.8. The molecule has 3 heterocycles. The number of aromatic nitrogens is 2. The first kappa shape index (κ1) is 26.2. The Bertz CT molecular complexity index is 1050. The number of aryl methyl sites for hydroxylation is 1. The van der Waals surface area contributed by atoms with Crippen molar-refractivity contribution in [2.24, 2.45) is 0 Å². The molecule has 0 spiro atoms. The lowest BCUT2D eigenvalue weighted by atomic mass is 9.90. The van der Waals surface area contributed by atoms with Gasteiger partial charge in [-0.05, 0) is 78.6 Å². The summed E-state index contributed by atoms with van der Waals surface area (Å²) in [7, 11) is 0. The van der Waals surface area contributed by atoms with E-state index in [2.05, 4.69) is 41.3 Å². The van der Waals surface area contributed by atoms with Crippen LogP contribution in [-0.4, -0.2) is 75.9 Å². The van der Waals surface area contributed by atoms with Gasteiger partial charge in [0.2, 0.25) is 0 Å². The van der Waals surface area contributed by atoms with Crippen molar-refractivity contribution in [1.29, 1.82) is 0 Å². The van der Waals surface area contributed by atoms with Crippen LogP contribution in [0, 0.1) is 6.92 Å². The summed E-state index contributed by atoms with van der Waals surface area (Å²) in [6.07, 6.45) is 5.24. The molecule has 1 N–H and O–H groups in total. The van der Waals surface area contributed by atoms with Crippen molar-refractivity contribution in [1.82, 2.24) is 24.9 Å². The number of hydrogen-bond donors (Lipinski definition) is 1. The molecule has 196 valence electrons. The van der Waals surface area contributed by atoms with Crippen molar-refractivity contribution in [3.05, 3.63) is 47.3 Å². The fourth-order valence-corrected chi connectivity index (χ4v) is 5.33. The molecule has 2 aromatic rings. The number of hydrogen-bond acceptors (Lipinski definition) is 5. The Hall–Kier alpha value is -2.87. The van der Waals surface area contributed by atoms with Gasteiger partial charge >= 0.3 is 6.09 Å². The maximum Gasteiger partial charge on any atom is 0.410 e. The van der Waals surface area contributed by atoms with Gasteiger partial charge in [-0.3, -0.25) is 9.69 Å². The summed E-state index contributed by atoms with van der Waals surface area (Å²) in [5.74, 6) is 0.0488. The maximum atomic E-state index is 13.4. The fourth-order valence-electron chi connectivity index (χ4n) is 5.33. The summed E-state index contributed by atoms with van der Waals surface area (Å²) in [5, 5.41) is 7.86. The number of likely N-dealkylation sites (N-methyl/N-ethyl adjacent to an activating group) is 1. The summed E-state index contributed by atoms with van der Waals surface area (Å²) in [6, 6.07) is 8.60. The molecule has 1 unspecified atom stereocenters. The van der Waals surface area contributed by atoms with Gasteiger partial charge in [-0.25, -0.2) is 9.48 Å². The fraction of sp³-hybridized carbons (Fsp3) is 0.607. The number of nitrogens with one attached hydrogen (secondary N) is 1. The summed E-state index contributed by atoms with van der Waals surface area (Å²) in [5.41, 5.74) is 3.16. The van der Waals surface area contributed by atoms with Crippen LogP contribution in [-0.2, 0) is 4.74 Å². The van der Waals surface area contributed by atoms with Gasteiger partial charge < -0.3 is 15.0 Å². The van der Waals surface area contributed by atoms with Crippen molar-refractivity contribution >= 4 is 12.0 Å². The molecule has 2 fully saturated rings. The van der Waals surface area contributed by atoms with Gasteiger partial charge in [0.25, 0.3) is 5.91 Å². The van der Waals surface area contributed by atoms with E-state index in [1.807, 2.05) is 37.6 Å². The summed E-state index contributed by atoms with van der Waals surface area (Å²) >= 11 is 0. The molecule has 0 saturated carbocycles. The van der Waals surface area contributed by atoms with Crippen LogP contribution in [0.1, 0.15) is 80.9 Å². The number of ether oxygens (including phenoxy) is 1. The Morgan fingerprint density at radius 1 is 1.08 bits per heavy atom. The highest BCUT2D eigenvalue weighted by molar-refractivity contribution is 5.95. The monoisotopic (exact) mass is 495 g/mol. The molecule has 2 aliphatic heterocycles. The van der Waals surface area contributed by atoms with Crippen LogP contribution in [0.2, 0.25) is 0 Å². The quantitative estimate of drug-likeness (QED) is 0.638. The van der Waals surface area contributed by atoms with E-state index in [0.717, 1.165) is 43.7 Å². The van der Waals surface area contributed by atoms with E-state index < -0.39 is 5.60 Å². The molecule has 0 bridgehead atoms. The molecule has 4 rings (SSSR count). The smallest absolute Gasteiger partial charge is 0.410 e. The topological polar surface area (TPSA) is 79.7 Å². The Morgan fingerprint density at radius 2 is 1.78 bits per heavy atom. The van der Waals surface area contributed by atoms with E-state index in [9.17, 15) is 9.59 Å². The Labute approximate surface area is 215 Å². The van der Waals surface area contributed by atoms with Crippen molar-refractivity contribution in [3.8, 4) is 5.69 Å². The standard InChI is InChI=1S/C28H41N5O3/c1-6-31-15-7-8-23(31)18-29-26(34)24-19-30-33(22-11-9-20(2)10-12-22)25(24)21-13-16-32(17-14-21)27(35)36-28(3,4)5/h9-12,19,21,23H,6-8,13-18H2,1-5H3,(H,29,34). The van der Waals surface area contributed by atoms with E-state index in [1.165, 1.54) is 12.0 Å². The summed E-state index contributed by atoms with van der Waals surface area (Å²) < 4.78 is 7.48. The van der Waals surface area contributed by atoms with Gasteiger partial charge in [-0.1, -0.05) is 24.6 Å². The van der Waals surface area contributed by atoms with Crippen LogP contribution in [0.4, 0.5) is 4.79 Å². The lowest BCUT2D eigenvalue weighted by Crippen LogP contribution is -2.42. The minimum atomic E-state index is -0.518. The van der Waals surface area contributed by atoms with Gasteiger partial charge in [0.05, 0.1) is 23.1 Å². The van der Waals surface area contributed by atoms with E-state index in [-0.39, 0.29) is 17.9 Å². The van der Waals surface area contributed by atoms with Crippen molar-refractivity contribution < 1.29 is 14.3 Å². The second-order valence-corrected chi connectivity index (χ2v) is 11.1. The van der Waals surface area contributed by atoms with E-state index in [4.69, 9.17) is 4.74 Å². The summed E-state index contributed by atoms with van der Waals surface area (Å²) in [4.78, 5) is 30.2. The van der Waals surface area contributed by atoms with E-state index in [0.29, 0.717) is 31.2 Å². The number of amides is 2. The van der Waals surface area contributed by atoms with Gasteiger partial charge in [0.1, 0.15) is 5.60 Å². The van der Waals surface area contributed by atoms with Gasteiger partial charge in [-0.15, -0.1) is 0 Å². The molecule has 36 heavy (non-hydrogen) atoms. The third kappa shape index (κ3) is 6.09. The third-order valence-electron chi connectivity index (χ3n) is 7.27. The number of nitrogens with zero attached hydrogens (tertiary/aromatic N) is 4. The molecule has 2 aliphatic rings. The number of rotatable bonds is 6. The zero-order chi connectivity index (χ0) is 25.9. The van der Waals surface area contributed by atoms with Crippen LogP contribution < -0.4 is 5.32 Å². The van der Waals surface area contributed by atoms with Gasteiger partial charge in [0, 0.05) is 31.6 Å². The van der Waals surface area contributed by atoms with Gasteiger partial charge in [-0.2, -0.15) is 5.10 Å². The zero-order valence-electron chi connectivity index (χ0n) is 22.4. The van der Waals surface area contributed by atoms with E-state index in [1.54, 1.807) is 11.1 Å². The van der Waals surface area contributed by atoms with Crippen molar-refractivity contribution in [2.75, 3.05) is 32.7 Å². The van der Waals surface area contributed by atoms with Crippen LogP contribution in [0.3, 0.4) is 0 Å². The SMILES string of the molecule is CCN1CCCC1CNC(=O)c1cnn(-c2ccc(C)cc2)c1C1CCN(C(=O)OC(C)(C)C)CC1. The second kappa shape index (κ2) is 11.0. The maximum absolute atomic E-state index is 13.4. The molecular weight excluding hydrogens is 454 g/mol. The molecule has 1 atom stereocenters. The Morgan fingerprint density at radius 3 is 2.42 bits per heavy atom. The average molecular weight is 496 g/mol. The normalized spacial score (nSPS) is 19.5. The van der Waals surface area contributed by atoms with Crippen LogP contribution in [0.15, 0.2) is 30.5 Å². The predicted molar refractivity (Wildman–Crippen MR) is 141 cm³/mol. The Balaban J connectivity index is 1.53. The highest BCUT2D eigenvalue weighted by atomic mass is 16.6. The molecule has 0 aliphatic carbocycles. The largest absolute Gasteiger partial charge is 0.444 e. The number of likely N-dealkylation sites (tertiary alicyclic amines) is 2. The van der Waals surface area contributed by atoms with Crippen LogP contribution >= 0.6 is 0 Å². The highest BCUT2D eigenvalue weighted by Crippen LogP contribution is 2.33.